The lowest BCUT2D eigenvalue weighted by Gasteiger charge is -2.11. The van der Waals surface area contributed by atoms with Gasteiger partial charge in [0.25, 0.3) is 5.91 Å². The summed E-state index contributed by atoms with van der Waals surface area (Å²) in [6.07, 6.45) is -4.46. The number of hydrogen-bond donors (Lipinski definition) is 3. The average molecular weight is 275 g/mol. The van der Waals surface area contributed by atoms with E-state index in [9.17, 15) is 22.8 Å². The molecule has 2 amide bonds. The molecule has 1 aromatic rings. The fraction of sp³-hybridized carbons (Fsp3) is 0.273. The van der Waals surface area contributed by atoms with E-state index in [1.165, 1.54) is 12.1 Å². The summed E-state index contributed by atoms with van der Waals surface area (Å²) in [5, 5.41) is 4.25. The van der Waals surface area contributed by atoms with Crippen LogP contribution in [0.5, 0.6) is 0 Å². The van der Waals surface area contributed by atoms with E-state index in [4.69, 9.17) is 5.73 Å². The van der Waals surface area contributed by atoms with E-state index in [0.29, 0.717) is 0 Å². The minimum Gasteiger partial charge on any atom is -0.376 e. The van der Waals surface area contributed by atoms with Gasteiger partial charge in [-0.1, -0.05) is 12.1 Å². The second-order valence-corrected chi connectivity index (χ2v) is 3.66. The SMILES string of the molecule is NC(=O)c1ccccc1NCC(=O)NCC(F)(F)F. The van der Waals surface area contributed by atoms with Gasteiger partial charge in [0, 0.05) is 5.69 Å². The first kappa shape index (κ1) is 14.8. The zero-order valence-corrected chi connectivity index (χ0v) is 9.75. The van der Waals surface area contributed by atoms with Gasteiger partial charge in [0.05, 0.1) is 12.1 Å². The van der Waals surface area contributed by atoms with E-state index in [1.807, 2.05) is 0 Å². The lowest BCUT2D eigenvalue weighted by atomic mass is 10.1. The molecule has 104 valence electrons. The Morgan fingerprint density at radius 2 is 1.84 bits per heavy atom. The molecular formula is C11H12F3N3O2. The molecule has 0 radical (unpaired) electrons. The molecule has 0 saturated carbocycles. The molecule has 19 heavy (non-hydrogen) atoms. The Morgan fingerprint density at radius 3 is 2.42 bits per heavy atom. The molecule has 0 fully saturated rings. The maximum Gasteiger partial charge on any atom is 0.405 e. The number of amides is 2. The summed E-state index contributed by atoms with van der Waals surface area (Å²) < 4.78 is 35.6. The summed E-state index contributed by atoms with van der Waals surface area (Å²) >= 11 is 0. The Balaban J connectivity index is 2.53. The molecule has 0 heterocycles. The summed E-state index contributed by atoms with van der Waals surface area (Å²) in [6, 6.07) is 6.12. The van der Waals surface area contributed by atoms with Crippen molar-refractivity contribution in [2.24, 2.45) is 5.73 Å². The second-order valence-electron chi connectivity index (χ2n) is 3.66. The van der Waals surface area contributed by atoms with Crippen LogP contribution in [0.15, 0.2) is 24.3 Å². The molecule has 0 saturated heterocycles. The van der Waals surface area contributed by atoms with Crippen LogP contribution >= 0.6 is 0 Å². The zero-order valence-electron chi connectivity index (χ0n) is 9.75. The van der Waals surface area contributed by atoms with Gasteiger partial charge < -0.3 is 16.4 Å². The van der Waals surface area contributed by atoms with Crippen molar-refractivity contribution in [2.75, 3.05) is 18.4 Å². The van der Waals surface area contributed by atoms with Crippen LogP contribution in [-0.4, -0.2) is 31.1 Å². The Morgan fingerprint density at radius 1 is 1.21 bits per heavy atom. The summed E-state index contributed by atoms with van der Waals surface area (Å²) in [4.78, 5) is 22.2. The van der Waals surface area contributed by atoms with Crippen molar-refractivity contribution in [3.63, 3.8) is 0 Å². The monoisotopic (exact) mass is 275 g/mol. The van der Waals surface area contributed by atoms with Crippen LogP contribution in [0.3, 0.4) is 0 Å². The van der Waals surface area contributed by atoms with Crippen molar-refractivity contribution in [2.45, 2.75) is 6.18 Å². The highest BCUT2D eigenvalue weighted by Gasteiger charge is 2.27. The van der Waals surface area contributed by atoms with Crippen molar-refractivity contribution < 1.29 is 22.8 Å². The maximum absolute atomic E-state index is 11.9. The molecule has 0 aliphatic carbocycles. The Hall–Kier alpha value is -2.25. The van der Waals surface area contributed by atoms with Crippen LogP contribution in [0, 0.1) is 0 Å². The van der Waals surface area contributed by atoms with E-state index < -0.39 is 24.5 Å². The third-order valence-electron chi connectivity index (χ3n) is 2.12. The van der Waals surface area contributed by atoms with Crippen LogP contribution in [-0.2, 0) is 4.79 Å². The number of carbonyl (C=O) groups is 2. The summed E-state index contributed by atoms with van der Waals surface area (Å²) in [6.45, 7) is -1.79. The molecule has 1 rings (SSSR count). The van der Waals surface area contributed by atoms with Crippen molar-refractivity contribution in [1.82, 2.24) is 5.32 Å². The van der Waals surface area contributed by atoms with Gasteiger partial charge in [-0.25, -0.2) is 0 Å². The number of nitrogens with two attached hydrogens (primary N) is 1. The van der Waals surface area contributed by atoms with Crippen LogP contribution in [0.4, 0.5) is 18.9 Å². The van der Waals surface area contributed by atoms with Gasteiger partial charge in [-0.05, 0) is 12.1 Å². The minimum absolute atomic E-state index is 0.158. The third-order valence-corrected chi connectivity index (χ3v) is 2.12. The quantitative estimate of drug-likeness (QED) is 0.745. The smallest absolute Gasteiger partial charge is 0.376 e. The minimum atomic E-state index is -4.46. The normalized spacial score (nSPS) is 10.9. The number of carbonyl (C=O) groups excluding carboxylic acids is 2. The van der Waals surface area contributed by atoms with E-state index in [1.54, 1.807) is 17.4 Å². The molecule has 1 aromatic carbocycles. The topological polar surface area (TPSA) is 84.2 Å². The molecule has 0 atom stereocenters. The van der Waals surface area contributed by atoms with Gasteiger partial charge in [-0.15, -0.1) is 0 Å². The number of primary amides is 1. The number of anilines is 1. The number of nitrogens with one attached hydrogen (secondary N) is 2. The number of alkyl halides is 3. The number of para-hydroxylation sites is 1. The molecular weight excluding hydrogens is 263 g/mol. The predicted molar refractivity (Wildman–Crippen MR) is 62.5 cm³/mol. The van der Waals surface area contributed by atoms with Crippen molar-refractivity contribution in [3.05, 3.63) is 29.8 Å². The molecule has 0 bridgehead atoms. The van der Waals surface area contributed by atoms with Crippen LogP contribution in [0.25, 0.3) is 0 Å². The first-order valence-corrected chi connectivity index (χ1v) is 5.26. The van der Waals surface area contributed by atoms with E-state index in [-0.39, 0.29) is 17.8 Å². The molecule has 0 aromatic heterocycles. The van der Waals surface area contributed by atoms with Gasteiger partial charge in [-0.3, -0.25) is 9.59 Å². The van der Waals surface area contributed by atoms with Gasteiger partial charge in [0.15, 0.2) is 0 Å². The first-order chi connectivity index (χ1) is 8.79. The third kappa shape index (κ3) is 5.28. The largest absolute Gasteiger partial charge is 0.405 e. The van der Waals surface area contributed by atoms with Gasteiger partial charge in [-0.2, -0.15) is 13.2 Å². The summed E-state index contributed by atoms with van der Waals surface area (Å²) in [5.74, 6) is -1.53. The van der Waals surface area contributed by atoms with Crippen LogP contribution < -0.4 is 16.4 Å². The second kappa shape index (κ2) is 6.07. The lowest BCUT2D eigenvalue weighted by Crippen LogP contribution is -2.37. The van der Waals surface area contributed by atoms with E-state index >= 15 is 0 Å². The summed E-state index contributed by atoms with van der Waals surface area (Å²) in [5.41, 5.74) is 5.56. The molecule has 8 heteroatoms. The molecule has 5 nitrogen and oxygen atoms in total. The number of halogens is 3. The highest BCUT2D eigenvalue weighted by molar-refractivity contribution is 5.98. The first-order valence-electron chi connectivity index (χ1n) is 5.26. The van der Waals surface area contributed by atoms with Gasteiger partial charge in [0.1, 0.15) is 6.54 Å². The molecule has 0 unspecified atom stereocenters. The Labute approximate surface area is 107 Å². The number of rotatable bonds is 5. The van der Waals surface area contributed by atoms with Crippen LogP contribution in [0.1, 0.15) is 10.4 Å². The van der Waals surface area contributed by atoms with Gasteiger partial charge in [0.2, 0.25) is 5.91 Å². The van der Waals surface area contributed by atoms with Crippen molar-refractivity contribution in [1.29, 1.82) is 0 Å². The molecule has 0 spiro atoms. The highest BCUT2D eigenvalue weighted by Crippen LogP contribution is 2.14. The fourth-order valence-electron chi connectivity index (χ4n) is 1.29. The van der Waals surface area contributed by atoms with Crippen LogP contribution in [0.2, 0.25) is 0 Å². The lowest BCUT2D eigenvalue weighted by molar-refractivity contribution is -0.137. The zero-order chi connectivity index (χ0) is 14.5. The standard InChI is InChI=1S/C11H12F3N3O2/c12-11(13,14)6-17-9(18)5-16-8-4-2-1-3-7(8)10(15)19/h1-4,16H,5-6H2,(H2,15,19)(H,17,18). The number of hydrogen-bond acceptors (Lipinski definition) is 3. The fourth-order valence-corrected chi connectivity index (χ4v) is 1.29. The van der Waals surface area contributed by atoms with E-state index in [2.05, 4.69) is 5.32 Å². The maximum atomic E-state index is 11.9. The molecule has 4 N–H and O–H groups in total. The van der Waals surface area contributed by atoms with Crippen molar-refractivity contribution in [3.8, 4) is 0 Å². The highest BCUT2D eigenvalue weighted by atomic mass is 19.4. The Bertz CT molecular complexity index is 474. The Kier molecular flexibility index (Phi) is 4.74. The van der Waals surface area contributed by atoms with Gasteiger partial charge >= 0.3 is 6.18 Å². The molecule has 0 aliphatic heterocycles. The predicted octanol–water partition coefficient (Wildman–Crippen LogP) is 0.876. The molecule has 0 aliphatic rings. The van der Waals surface area contributed by atoms with E-state index in [0.717, 1.165) is 0 Å². The number of benzene rings is 1. The average Bonchev–Trinajstić information content (AvgIpc) is 2.33. The van der Waals surface area contributed by atoms with Crippen molar-refractivity contribution >= 4 is 17.5 Å². The summed E-state index contributed by atoms with van der Waals surface area (Å²) in [7, 11) is 0.